The van der Waals surface area contributed by atoms with Crippen molar-refractivity contribution in [2.24, 2.45) is 0 Å². The van der Waals surface area contributed by atoms with Crippen LogP contribution in [0.4, 0.5) is 5.13 Å². The number of nitrogens with one attached hydrogen (secondary N) is 1. The molecular formula is C23H25ClN6O4S. The number of pyridine rings is 2. The highest BCUT2D eigenvalue weighted by atomic mass is 35.5. The summed E-state index contributed by atoms with van der Waals surface area (Å²) in [5.41, 5.74) is 2.36. The number of nitrogens with zero attached hydrogens (tertiary/aromatic N) is 5. The molecule has 0 bridgehead atoms. The third-order valence-corrected chi connectivity index (χ3v) is 7.01. The van der Waals surface area contributed by atoms with E-state index in [-0.39, 0.29) is 12.0 Å². The molecule has 1 atom stereocenters. The van der Waals surface area contributed by atoms with Gasteiger partial charge >= 0.3 is 0 Å². The molecule has 2 fully saturated rings. The lowest BCUT2D eigenvalue weighted by Gasteiger charge is -2.41. The minimum Gasteiger partial charge on any atom is -0.494 e. The lowest BCUT2D eigenvalue weighted by Crippen LogP contribution is -2.54. The van der Waals surface area contributed by atoms with Gasteiger partial charge in [-0.15, -0.1) is 5.10 Å². The van der Waals surface area contributed by atoms with Gasteiger partial charge < -0.3 is 14.2 Å². The highest BCUT2D eigenvalue weighted by Crippen LogP contribution is 2.34. The van der Waals surface area contributed by atoms with Crippen LogP contribution in [0.15, 0.2) is 24.5 Å². The Bertz CT molecular complexity index is 1220. The van der Waals surface area contributed by atoms with E-state index in [2.05, 4.69) is 30.4 Å². The van der Waals surface area contributed by atoms with Gasteiger partial charge in [0.1, 0.15) is 17.0 Å². The maximum Gasteiger partial charge on any atom is 0.296 e. The van der Waals surface area contributed by atoms with E-state index in [1.54, 1.807) is 12.1 Å². The molecule has 3 aromatic rings. The number of hydrogen-bond donors (Lipinski definition) is 1. The second kappa shape index (κ2) is 10.4. The second-order valence-electron chi connectivity index (χ2n) is 8.47. The first kappa shape index (κ1) is 23.9. The van der Waals surface area contributed by atoms with Crippen molar-refractivity contribution >= 4 is 34.0 Å². The third kappa shape index (κ3) is 5.37. The molecule has 0 radical (unpaired) electrons. The molecule has 1 amide bonds. The van der Waals surface area contributed by atoms with Crippen molar-refractivity contribution in [1.82, 2.24) is 25.1 Å². The summed E-state index contributed by atoms with van der Waals surface area (Å²) in [6.45, 7) is 5.32. The number of aromatic nitrogens is 4. The lowest BCUT2D eigenvalue weighted by molar-refractivity contribution is -0.0825. The maximum absolute atomic E-state index is 13.2. The second-order valence-corrected chi connectivity index (χ2v) is 9.80. The lowest BCUT2D eigenvalue weighted by atomic mass is 10.0. The molecule has 35 heavy (non-hydrogen) atoms. The van der Waals surface area contributed by atoms with Crippen molar-refractivity contribution in [3.8, 4) is 22.1 Å². The van der Waals surface area contributed by atoms with Crippen molar-refractivity contribution in [3.05, 3.63) is 40.9 Å². The standard InChI is InChI=1S/C23H25ClN6O4S/c1-13-6-16(17-7-20(24)26-9-19(17)32-2)18(8-25-13)21(31)27-22-28-29-23(35-22)34-15-4-3-5-30(10-15)14-11-33-12-14/h6-9,14-15H,3-5,10-12H2,1-2H3,(H,27,28,31). The zero-order chi connectivity index (χ0) is 24.4. The average molecular weight is 517 g/mol. The van der Waals surface area contributed by atoms with Crippen LogP contribution in [-0.4, -0.2) is 76.5 Å². The van der Waals surface area contributed by atoms with Gasteiger partial charge in [0, 0.05) is 29.6 Å². The minimum absolute atomic E-state index is 0.0395. The summed E-state index contributed by atoms with van der Waals surface area (Å²) in [6.07, 6.45) is 5.11. The Labute approximate surface area is 211 Å². The number of rotatable bonds is 7. The van der Waals surface area contributed by atoms with Crippen LogP contribution in [0.1, 0.15) is 28.9 Å². The monoisotopic (exact) mass is 516 g/mol. The van der Waals surface area contributed by atoms with Crippen molar-refractivity contribution in [2.45, 2.75) is 31.9 Å². The van der Waals surface area contributed by atoms with E-state index in [1.165, 1.54) is 30.8 Å². The molecule has 5 rings (SSSR count). The van der Waals surface area contributed by atoms with Crippen LogP contribution >= 0.6 is 22.9 Å². The molecule has 2 aliphatic rings. The molecule has 1 unspecified atom stereocenters. The van der Waals surface area contributed by atoms with Gasteiger partial charge in [-0.05, 0) is 49.8 Å². The maximum atomic E-state index is 13.2. The Morgan fingerprint density at radius 1 is 1.23 bits per heavy atom. The predicted molar refractivity (Wildman–Crippen MR) is 131 cm³/mol. The van der Waals surface area contributed by atoms with Crippen molar-refractivity contribution < 1.29 is 19.0 Å². The number of hydrogen-bond acceptors (Lipinski definition) is 10. The molecule has 2 saturated heterocycles. The topological polar surface area (TPSA) is 112 Å². The van der Waals surface area contributed by atoms with Crippen LogP contribution in [0.3, 0.4) is 0 Å². The first-order valence-electron chi connectivity index (χ1n) is 11.3. The molecule has 5 heterocycles. The van der Waals surface area contributed by atoms with E-state index < -0.39 is 0 Å². The fourth-order valence-electron chi connectivity index (χ4n) is 4.20. The van der Waals surface area contributed by atoms with Crippen LogP contribution in [0.5, 0.6) is 10.9 Å². The normalized spacial score (nSPS) is 18.7. The van der Waals surface area contributed by atoms with E-state index in [1.807, 2.05) is 6.92 Å². The molecule has 0 aliphatic carbocycles. The number of amides is 1. The zero-order valence-electron chi connectivity index (χ0n) is 19.4. The molecule has 0 spiro atoms. The fraction of sp³-hybridized carbons (Fsp3) is 0.435. The average Bonchev–Trinajstić information content (AvgIpc) is 3.24. The van der Waals surface area contributed by atoms with Gasteiger partial charge in [-0.2, -0.15) is 0 Å². The Hall–Kier alpha value is -2.86. The number of carbonyl (C=O) groups is 1. The van der Waals surface area contributed by atoms with Crippen molar-refractivity contribution in [1.29, 1.82) is 0 Å². The van der Waals surface area contributed by atoms with E-state index >= 15 is 0 Å². The molecule has 1 N–H and O–H groups in total. The SMILES string of the molecule is COc1cnc(Cl)cc1-c1cc(C)ncc1C(=O)Nc1nnc(OC2CCCN(C3COC3)C2)s1. The van der Waals surface area contributed by atoms with Crippen LogP contribution < -0.4 is 14.8 Å². The molecule has 184 valence electrons. The number of methoxy groups -OCH3 is 1. The van der Waals surface area contributed by atoms with Gasteiger partial charge in [-0.1, -0.05) is 16.7 Å². The van der Waals surface area contributed by atoms with Gasteiger partial charge in [0.25, 0.3) is 11.1 Å². The Morgan fingerprint density at radius 3 is 2.86 bits per heavy atom. The summed E-state index contributed by atoms with van der Waals surface area (Å²) in [5, 5.41) is 12.1. The summed E-state index contributed by atoms with van der Waals surface area (Å²) in [7, 11) is 1.54. The number of halogens is 1. The minimum atomic E-state index is -0.376. The predicted octanol–water partition coefficient (Wildman–Crippen LogP) is 3.46. The highest BCUT2D eigenvalue weighted by Gasteiger charge is 2.31. The number of ether oxygens (including phenoxy) is 3. The van der Waals surface area contributed by atoms with E-state index in [9.17, 15) is 4.79 Å². The molecular weight excluding hydrogens is 492 g/mol. The first-order chi connectivity index (χ1) is 17.0. The smallest absolute Gasteiger partial charge is 0.296 e. The van der Waals surface area contributed by atoms with E-state index in [4.69, 9.17) is 25.8 Å². The van der Waals surface area contributed by atoms with Crippen LogP contribution in [0.25, 0.3) is 11.1 Å². The zero-order valence-corrected chi connectivity index (χ0v) is 20.9. The quantitative estimate of drug-likeness (QED) is 0.472. The number of aryl methyl sites for hydroxylation is 1. The first-order valence-corrected chi connectivity index (χ1v) is 12.5. The molecule has 12 heteroatoms. The van der Waals surface area contributed by atoms with Gasteiger partial charge in [-0.25, -0.2) is 4.98 Å². The van der Waals surface area contributed by atoms with E-state index in [0.29, 0.717) is 44.0 Å². The number of anilines is 1. The Balaban J connectivity index is 1.30. The molecule has 3 aromatic heterocycles. The number of piperidine rings is 1. The van der Waals surface area contributed by atoms with Gasteiger partial charge in [-0.3, -0.25) is 20.0 Å². The number of likely N-dealkylation sites (tertiary alicyclic amines) is 1. The highest BCUT2D eigenvalue weighted by molar-refractivity contribution is 7.17. The molecule has 2 aliphatic heterocycles. The molecule has 0 aromatic carbocycles. The molecule has 0 saturated carbocycles. The summed E-state index contributed by atoms with van der Waals surface area (Å²) >= 11 is 7.32. The number of carbonyl (C=O) groups excluding carboxylic acids is 1. The Kier molecular flexibility index (Phi) is 7.09. The summed E-state index contributed by atoms with van der Waals surface area (Å²) in [5.74, 6) is 0.120. The van der Waals surface area contributed by atoms with Gasteiger partial charge in [0.15, 0.2) is 0 Å². The third-order valence-electron chi connectivity index (χ3n) is 6.07. The summed E-state index contributed by atoms with van der Waals surface area (Å²) < 4.78 is 16.8. The van der Waals surface area contributed by atoms with Gasteiger partial charge in [0.2, 0.25) is 5.13 Å². The van der Waals surface area contributed by atoms with Gasteiger partial charge in [0.05, 0.1) is 38.1 Å². The van der Waals surface area contributed by atoms with Crippen molar-refractivity contribution in [3.63, 3.8) is 0 Å². The van der Waals surface area contributed by atoms with Crippen LogP contribution in [-0.2, 0) is 4.74 Å². The van der Waals surface area contributed by atoms with Crippen LogP contribution in [0.2, 0.25) is 5.15 Å². The largest absolute Gasteiger partial charge is 0.494 e. The fourth-order valence-corrected chi connectivity index (χ4v) is 5.01. The van der Waals surface area contributed by atoms with E-state index in [0.717, 1.165) is 44.8 Å². The molecule has 10 nitrogen and oxygen atoms in total. The van der Waals surface area contributed by atoms with Crippen LogP contribution in [0, 0.1) is 6.92 Å². The summed E-state index contributed by atoms with van der Waals surface area (Å²) in [6, 6.07) is 3.95. The Morgan fingerprint density at radius 2 is 2.09 bits per heavy atom. The summed E-state index contributed by atoms with van der Waals surface area (Å²) in [4.78, 5) is 24.0. The van der Waals surface area contributed by atoms with Crippen molar-refractivity contribution in [2.75, 3.05) is 38.7 Å².